The highest BCUT2D eigenvalue weighted by atomic mass is 19.1. The monoisotopic (exact) mass is 268 g/mol. The molecule has 1 aromatic heterocycles. The highest BCUT2D eigenvalue weighted by Crippen LogP contribution is 2.23. The summed E-state index contributed by atoms with van der Waals surface area (Å²) in [5.41, 5.74) is -0.633. The number of aromatic nitrogens is 1. The van der Waals surface area contributed by atoms with E-state index >= 15 is 0 Å². The third-order valence-corrected chi connectivity index (χ3v) is 3.11. The van der Waals surface area contributed by atoms with Gasteiger partial charge in [0.05, 0.1) is 12.8 Å². The van der Waals surface area contributed by atoms with Crippen LogP contribution in [0.25, 0.3) is 0 Å². The quantitative estimate of drug-likeness (QED) is 0.805. The highest BCUT2D eigenvalue weighted by molar-refractivity contribution is 5.82. The van der Waals surface area contributed by atoms with E-state index in [2.05, 4.69) is 10.3 Å². The molecule has 0 aliphatic carbocycles. The first kappa shape index (κ1) is 15.6. The lowest BCUT2D eigenvalue weighted by atomic mass is 9.92. The molecule has 0 bridgehead atoms. The molecule has 1 N–H and O–H groups in total. The van der Waals surface area contributed by atoms with Crippen LogP contribution in [-0.4, -0.2) is 23.6 Å². The van der Waals surface area contributed by atoms with Crippen LogP contribution in [0.2, 0.25) is 0 Å². The van der Waals surface area contributed by atoms with Crippen molar-refractivity contribution in [3.05, 3.63) is 29.8 Å². The number of esters is 1. The number of nitrogens with one attached hydrogen (secondary N) is 1. The average molecular weight is 268 g/mol. The van der Waals surface area contributed by atoms with Crippen molar-refractivity contribution < 1.29 is 13.9 Å². The summed E-state index contributed by atoms with van der Waals surface area (Å²) < 4.78 is 18.4. The number of carbonyl (C=O) groups excluding carboxylic acids is 1. The molecule has 0 saturated carbocycles. The summed E-state index contributed by atoms with van der Waals surface area (Å²) in [6.45, 7) is 7.68. The predicted octanol–water partition coefficient (Wildman–Crippen LogP) is 2.39. The minimum Gasteiger partial charge on any atom is -0.464 e. The molecule has 0 fully saturated rings. The molecule has 1 aromatic rings. The molecule has 4 nitrogen and oxygen atoms in total. The third-order valence-electron chi connectivity index (χ3n) is 3.11. The number of ether oxygens (including phenoxy) is 1. The van der Waals surface area contributed by atoms with Gasteiger partial charge in [-0.05, 0) is 33.3 Å². The maximum atomic E-state index is 13.3. The average Bonchev–Trinajstić information content (AvgIpc) is 2.38. The molecular formula is C14H21FN2O2. The standard InChI is InChI=1S/C14H21FN2O2/c1-5-10(3)17-14(4,13(18)19-6-2)11-7-12(15)9-16-8-11/h7-10,17H,5-6H2,1-4H3. The topological polar surface area (TPSA) is 51.2 Å². The van der Waals surface area contributed by atoms with E-state index in [1.54, 1.807) is 13.8 Å². The zero-order valence-corrected chi connectivity index (χ0v) is 11.9. The van der Waals surface area contributed by atoms with Crippen LogP contribution in [0.1, 0.15) is 39.7 Å². The molecule has 0 saturated heterocycles. The van der Waals surface area contributed by atoms with Gasteiger partial charge in [0.2, 0.25) is 0 Å². The minimum absolute atomic E-state index is 0.0951. The second-order valence-electron chi connectivity index (χ2n) is 4.69. The van der Waals surface area contributed by atoms with Crippen molar-refractivity contribution in [2.24, 2.45) is 0 Å². The Bertz CT molecular complexity index is 439. The second-order valence-corrected chi connectivity index (χ2v) is 4.69. The summed E-state index contributed by atoms with van der Waals surface area (Å²) >= 11 is 0. The van der Waals surface area contributed by atoms with E-state index < -0.39 is 17.3 Å². The molecule has 1 rings (SSSR count). The number of nitrogens with zero attached hydrogens (tertiary/aromatic N) is 1. The molecule has 0 spiro atoms. The zero-order chi connectivity index (χ0) is 14.5. The van der Waals surface area contributed by atoms with Gasteiger partial charge in [0.25, 0.3) is 0 Å². The first-order chi connectivity index (χ1) is 8.93. The number of hydrogen-bond donors (Lipinski definition) is 1. The van der Waals surface area contributed by atoms with Crippen molar-refractivity contribution in [2.75, 3.05) is 6.61 Å². The van der Waals surface area contributed by atoms with Gasteiger partial charge in [0.15, 0.2) is 0 Å². The van der Waals surface area contributed by atoms with Crippen molar-refractivity contribution in [3.8, 4) is 0 Å². The summed E-state index contributed by atoms with van der Waals surface area (Å²) in [5.74, 6) is -0.901. The van der Waals surface area contributed by atoms with Crippen LogP contribution in [0, 0.1) is 5.82 Å². The fraction of sp³-hybridized carbons (Fsp3) is 0.571. The Morgan fingerprint density at radius 1 is 1.53 bits per heavy atom. The molecule has 0 radical (unpaired) electrons. The third kappa shape index (κ3) is 3.73. The smallest absolute Gasteiger partial charge is 0.330 e. The van der Waals surface area contributed by atoms with Crippen molar-refractivity contribution in [1.29, 1.82) is 0 Å². The Hall–Kier alpha value is -1.49. The Morgan fingerprint density at radius 2 is 2.21 bits per heavy atom. The van der Waals surface area contributed by atoms with E-state index in [4.69, 9.17) is 4.74 Å². The van der Waals surface area contributed by atoms with Gasteiger partial charge in [-0.1, -0.05) is 6.92 Å². The van der Waals surface area contributed by atoms with Gasteiger partial charge in [-0.15, -0.1) is 0 Å². The Balaban J connectivity index is 3.14. The fourth-order valence-corrected chi connectivity index (χ4v) is 1.82. The lowest BCUT2D eigenvalue weighted by Crippen LogP contribution is -2.51. The van der Waals surface area contributed by atoms with Gasteiger partial charge in [-0.2, -0.15) is 0 Å². The highest BCUT2D eigenvalue weighted by Gasteiger charge is 2.38. The predicted molar refractivity (Wildman–Crippen MR) is 71.1 cm³/mol. The molecule has 0 amide bonds. The van der Waals surface area contributed by atoms with Crippen LogP contribution in [0.4, 0.5) is 4.39 Å². The van der Waals surface area contributed by atoms with E-state index in [0.717, 1.165) is 12.6 Å². The molecular weight excluding hydrogens is 247 g/mol. The van der Waals surface area contributed by atoms with Gasteiger partial charge in [0.1, 0.15) is 11.4 Å². The maximum absolute atomic E-state index is 13.3. The molecule has 1 heterocycles. The normalized spacial score (nSPS) is 15.6. The van der Waals surface area contributed by atoms with Gasteiger partial charge in [0, 0.05) is 17.8 Å². The van der Waals surface area contributed by atoms with Crippen molar-refractivity contribution in [3.63, 3.8) is 0 Å². The lowest BCUT2D eigenvalue weighted by Gasteiger charge is -2.31. The minimum atomic E-state index is -1.10. The molecule has 2 atom stereocenters. The zero-order valence-electron chi connectivity index (χ0n) is 11.9. The largest absolute Gasteiger partial charge is 0.464 e. The molecule has 5 heteroatoms. The van der Waals surface area contributed by atoms with E-state index in [9.17, 15) is 9.18 Å². The van der Waals surface area contributed by atoms with Crippen LogP contribution in [0.3, 0.4) is 0 Å². The van der Waals surface area contributed by atoms with Gasteiger partial charge >= 0.3 is 5.97 Å². The Morgan fingerprint density at radius 3 is 2.74 bits per heavy atom. The summed E-state index contributed by atoms with van der Waals surface area (Å²) in [5, 5.41) is 3.19. The first-order valence-electron chi connectivity index (χ1n) is 6.50. The fourth-order valence-electron chi connectivity index (χ4n) is 1.82. The van der Waals surface area contributed by atoms with Crippen molar-refractivity contribution in [1.82, 2.24) is 10.3 Å². The lowest BCUT2D eigenvalue weighted by molar-refractivity contribution is -0.151. The molecule has 106 valence electrons. The number of hydrogen-bond acceptors (Lipinski definition) is 4. The molecule has 19 heavy (non-hydrogen) atoms. The maximum Gasteiger partial charge on any atom is 0.330 e. The summed E-state index contributed by atoms with van der Waals surface area (Å²) in [6, 6.07) is 1.40. The van der Waals surface area contributed by atoms with E-state index in [1.807, 2.05) is 13.8 Å². The SMILES string of the molecule is CCOC(=O)C(C)(NC(C)CC)c1cncc(F)c1. The Labute approximate surface area is 113 Å². The van der Waals surface area contributed by atoms with Gasteiger partial charge in [-0.25, -0.2) is 9.18 Å². The number of carbonyl (C=O) groups is 1. The van der Waals surface area contributed by atoms with Crippen LogP contribution in [-0.2, 0) is 15.1 Å². The van der Waals surface area contributed by atoms with Crippen LogP contribution < -0.4 is 5.32 Å². The van der Waals surface area contributed by atoms with E-state index in [0.29, 0.717) is 5.56 Å². The number of pyridine rings is 1. The van der Waals surface area contributed by atoms with Crippen LogP contribution in [0.15, 0.2) is 18.5 Å². The summed E-state index contributed by atoms with van der Waals surface area (Å²) in [4.78, 5) is 16.0. The number of halogens is 1. The summed E-state index contributed by atoms with van der Waals surface area (Å²) in [6.07, 6.45) is 3.44. The molecule has 2 unspecified atom stereocenters. The van der Waals surface area contributed by atoms with Crippen molar-refractivity contribution >= 4 is 5.97 Å². The van der Waals surface area contributed by atoms with Gasteiger partial charge < -0.3 is 4.74 Å². The van der Waals surface area contributed by atoms with Gasteiger partial charge in [-0.3, -0.25) is 10.3 Å². The molecule has 0 aliphatic heterocycles. The van der Waals surface area contributed by atoms with E-state index in [-0.39, 0.29) is 12.6 Å². The van der Waals surface area contributed by atoms with Crippen LogP contribution in [0.5, 0.6) is 0 Å². The van der Waals surface area contributed by atoms with Crippen LogP contribution >= 0.6 is 0 Å². The second kappa shape index (κ2) is 6.61. The first-order valence-corrected chi connectivity index (χ1v) is 6.50. The summed E-state index contributed by atoms with van der Waals surface area (Å²) in [7, 11) is 0. The molecule has 0 aliphatic rings. The Kier molecular flexibility index (Phi) is 5.42. The number of rotatable bonds is 6. The van der Waals surface area contributed by atoms with Crippen molar-refractivity contribution in [2.45, 2.75) is 45.7 Å². The van der Waals surface area contributed by atoms with E-state index in [1.165, 1.54) is 12.3 Å². The molecule has 0 aromatic carbocycles.